The van der Waals surface area contributed by atoms with Crippen molar-refractivity contribution in [3.8, 4) is 0 Å². The number of allylic oxidation sites excluding steroid dienone is 2. The molecule has 2 aliphatic carbocycles. The first-order valence-electron chi connectivity index (χ1n) is 9.80. The Labute approximate surface area is 157 Å². The van der Waals surface area contributed by atoms with E-state index >= 15 is 0 Å². The van der Waals surface area contributed by atoms with Crippen molar-refractivity contribution in [2.75, 3.05) is 6.61 Å². The average Bonchev–Trinajstić information content (AvgIpc) is 2.51. The minimum atomic E-state index is -0.764. The molecule has 0 saturated heterocycles. The molecule has 1 fully saturated rings. The molecule has 2 rings (SSSR count). The number of fused-ring (bicyclic) bond motifs is 1. The average molecular weight is 363 g/mol. The van der Waals surface area contributed by atoms with E-state index in [1.54, 1.807) is 0 Å². The number of esters is 1. The molecule has 1 saturated carbocycles. The first-order valence-corrected chi connectivity index (χ1v) is 9.80. The predicted molar refractivity (Wildman–Crippen MR) is 103 cm³/mol. The maximum absolute atomic E-state index is 11.9. The lowest BCUT2D eigenvalue weighted by Gasteiger charge is -2.56. The van der Waals surface area contributed by atoms with Crippen molar-refractivity contribution in [3.05, 3.63) is 23.3 Å². The maximum Gasteiger partial charge on any atom is 0.331 e. The number of hydrogen-bond acceptors (Lipinski definition) is 3. The van der Waals surface area contributed by atoms with Gasteiger partial charge in [-0.25, -0.2) is 4.79 Å². The Morgan fingerprint density at radius 2 is 1.96 bits per heavy atom. The highest BCUT2D eigenvalue weighted by Crippen LogP contribution is 2.60. The standard InChI is InChI=1S/C22H34O4/c1-15(11-14-26-16(2)23)7-9-18-17(20(24)25)8-10-19-21(3,4)12-6-13-22(18,19)5/h8,11,18-19H,6-7,9-10,12-14H2,1-5H3,(H,24,25)/b15-11+/t18-,19-,22+/m0/s1. The molecule has 2 aliphatic rings. The Kier molecular flexibility index (Phi) is 6.36. The number of ether oxygens (including phenoxy) is 1. The van der Waals surface area contributed by atoms with E-state index in [0.717, 1.165) is 31.3 Å². The van der Waals surface area contributed by atoms with Gasteiger partial charge in [-0.2, -0.15) is 0 Å². The third kappa shape index (κ3) is 4.39. The van der Waals surface area contributed by atoms with Gasteiger partial charge in [0, 0.05) is 12.5 Å². The van der Waals surface area contributed by atoms with E-state index in [-0.39, 0.29) is 22.7 Å². The van der Waals surface area contributed by atoms with Crippen LogP contribution in [-0.4, -0.2) is 23.7 Å². The lowest BCUT2D eigenvalue weighted by atomic mass is 9.48. The van der Waals surface area contributed by atoms with E-state index < -0.39 is 5.97 Å². The molecule has 0 radical (unpaired) electrons. The number of aliphatic carboxylic acids is 1. The van der Waals surface area contributed by atoms with Crippen LogP contribution >= 0.6 is 0 Å². The Bertz CT molecular complexity index is 614. The molecule has 4 nitrogen and oxygen atoms in total. The van der Waals surface area contributed by atoms with Crippen molar-refractivity contribution in [3.63, 3.8) is 0 Å². The third-order valence-electron chi connectivity index (χ3n) is 6.81. The third-order valence-corrected chi connectivity index (χ3v) is 6.81. The zero-order valence-corrected chi connectivity index (χ0v) is 16.9. The molecule has 0 heterocycles. The first-order chi connectivity index (χ1) is 12.1. The van der Waals surface area contributed by atoms with E-state index in [1.807, 2.05) is 19.1 Å². The summed E-state index contributed by atoms with van der Waals surface area (Å²) in [5.41, 5.74) is 2.05. The van der Waals surface area contributed by atoms with Crippen molar-refractivity contribution in [1.82, 2.24) is 0 Å². The normalized spacial score (nSPS) is 31.0. The summed E-state index contributed by atoms with van der Waals surface area (Å²) in [7, 11) is 0. The zero-order chi connectivity index (χ0) is 19.5. The van der Waals surface area contributed by atoms with E-state index in [9.17, 15) is 14.7 Å². The molecule has 0 aliphatic heterocycles. The number of hydrogen-bond donors (Lipinski definition) is 1. The van der Waals surface area contributed by atoms with E-state index in [0.29, 0.717) is 18.1 Å². The highest BCUT2D eigenvalue weighted by atomic mass is 16.5. The van der Waals surface area contributed by atoms with Gasteiger partial charge in [-0.05, 0) is 67.8 Å². The summed E-state index contributed by atoms with van der Waals surface area (Å²) < 4.78 is 4.98. The second-order valence-corrected chi connectivity index (χ2v) is 9.05. The van der Waals surface area contributed by atoms with Crippen LogP contribution in [0.3, 0.4) is 0 Å². The smallest absolute Gasteiger partial charge is 0.331 e. The molecule has 26 heavy (non-hydrogen) atoms. The molecule has 0 spiro atoms. The number of carbonyl (C=O) groups is 2. The number of carboxylic acid groups (broad SMARTS) is 1. The van der Waals surface area contributed by atoms with Gasteiger partial charge >= 0.3 is 11.9 Å². The Hall–Kier alpha value is -1.58. The van der Waals surface area contributed by atoms with Crippen LogP contribution in [0.5, 0.6) is 0 Å². The van der Waals surface area contributed by atoms with E-state index in [2.05, 4.69) is 20.8 Å². The minimum Gasteiger partial charge on any atom is -0.478 e. The van der Waals surface area contributed by atoms with Crippen LogP contribution in [0.1, 0.15) is 73.1 Å². The summed E-state index contributed by atoms with van der Waals surface area (Å²) in [6.07, 6.45) is 9.96. The second-order valence-electron chi connectivity index (χ2n) is 9.05. The summed E-state index contributed by atoms with van der Waals surface area (Å²) in [5, 5.41) is 9.77. The Morgan fingerprint density at radius 3 is 2.58 bits per heavy atom. The number of carbonyl (C=O) groups excluding carboxylic acids is 1. The molecule has 0 bridgehead atoms. The van der Waals surface area contributed by atoms with Crippen molar-refractivity contribution in [2.24, 2.45) is 22.7 Å². The van der Waals surface area contributed by atoms with Crippen LogP contribution < -0.4 is 0 Å². The monoisotopic (exact) mass is 362 g/mol. The summed E-state index contributed by atoms with van der Waals surface area (Å²) in [6, 6.07) is 0. The molecule has 0 aromatic heterocycles. The van der Waals surface area contributed by atoms with Crippen molar-refractivity contribution < 1.29 is 19.4 Å². The van der Waals surface area contributed by atoms with Crippen molar-refractivity contribution in [1.29, 1.82) is 0 Å². The largest absolute Gasteiger partial charge is 0.478 e. The van der Waals surface area contributed by atoms with Gasteiger partial charge in [0.2, 0.25) is 0 Å². The summed E-state index contributed by atoms with van der Waals surface area (Å²) in [5.74, 6) is -0.436. The highest BCUT2D eigenvalue weighted by molar-refractivity contribution is 5.87. The van der Waals surface area contributed by atoms with Crippen LogP contribution in [0.2, 0.25) is 0 Å². The Morgan fingerprint density at radius 1 is 1.27 bits per heavy atom. The van der Waals surface area contributed by atoms with Gasteiger partial charge in [0.1, 0.15) is 6.61 Å². The molecule has 0 aromatic rings. The topological polar surface area (TPSA) is 63.6 Å². The van der Waals surface area contributed by atoms with Gasteiger partial charge in [0.25, 0.3) is 0 Å². The number of rotatable bonds is 6. The number of carboxylic acids is 1. The van der Waals surface area contributed by atoms with Crippen LogP contribution in [0.15, 0.2) is 23.3 Å². The maximum atomic E-state index is 11.9. The lowest BCUT2D eigenvalue weighted by Crippen LogP contribution is -2.49. The SMILES string of the molecule is CC(=O)OC/C=C(\C)CC[C@H]1C(C(=O)O)=CC[C@H]2C(C)(C)CCC[C@]12C. The molecule has 1 N–H and O–H groups in total. The second kappa shape index (κ2) is 7.98. The quantitative estimate of drug-likeness (QED) is 0.525. The molecule has 3 atom stereocenters. The Balaban J connectivity index is 2.19. The van der Waals surface area contributed by atoms with Crippen molar-refractivity contribution in [2.45, 2.75) is 73.1 Å². The fourth-order valence-corrected chi connectivity index (χ4v) is 5.41. The van der Waals surface area contributed by atoms with Gasteiger partial charge in [0.15, 0.2) is 0 Å². The molecule has 146 valence electrons. The van der Waals surface area contributed by atoms with E-state index in [4.69, 9.17) is 4.74 Å². The molecule has 0 amide bonds. The van der Waals surface area contributed by atoms with Crippen LogP contribution in [0, 0.1) is 22.7 Å². The fraction of sp³-hybridized carbons (Fsp3) is 0.727. The van der Waals surface area contributed by atoms with Crippen LogP contribution in [0.4, 0.5) is 0 Å². The van der Waals surface area contributed by atoms with Crippen LogP contribution in [-0.2, 0) is 14.3 Å². The highest BCUT2D eigenvalue weighted by Gasteiger charge is 2.53. The molecular weight excluding hydrogens is 328 g/mol. The van der Waals surface area contributed by atoms with Crippen LogP contribution in [0.25, 0.3) is 0 Å². The van der Waals surface area contributed by atoms with E-state index in [1.165, 1.54) is 19.8 Å². The first kappa shape index (κ1) is 20.7. The summed E-state index contributed by atoms with van der Waals surface area (Å²) in [4.78, 5) is 22.8. The summed E-state index contributed by atoms with van der Waals surface area (Å²) in [6.45, 7) is 10.7. The zero-order valence-electron chi connectivity index (χ0n) is 16.9. The fourth-order valence-electron chi connectivity index (χ4n) is 5.41. The van der Waals surface area contributed by atoms with Gasteiger partial charge < -0.3 is 9.84 Å². The van der Waals surface area contributed by atoms with Gasteiger partial charge in [-0.15, -0.1) is 0 Å². The summed E-state index contributed by atoms with van der Waals surface area (Å²) >= 11 is 0. The van der Waals surface area contributed by atoms with Gasteiger partial charge in [-0.3, -0.25) is 4.79 Å². The molecule has 0 aromatic carbocycles. The minimum absolute atomic E-state index is 0.0421. The van der Waals surface area contributed by atoms with Crippen molar-refractivity contribution >= 4 is 11.9 Å². The van der Waals surface area contributed by atoms with Gasteiger partial charge in [0.05, 0.1) is 0 Å². The molecule has 0 unspecified atom stereocenters. The van der Waals surface area contributed by atoms with Gasteiger partial charge in [-0.1, -0.05) is 38.8 Å². The lowest BCUT2D eigenvalue weighted by molar-refractivity contribution is -0.139. The molecule has 4 heteroatoms. The molecular formula is C22H34O4. The predicted octanol–water partition coefficient (Wildman–Crippen LogP) is 5.14.